The van der Waals surface area contributed by atoms with Crippen molar-refractivity contribution >= 4 is 54.4 Å². The van der Waals surface area contributed by atoms with Crippen molar-refractivity contribution in [1.29, 1.82) is 0 Å². The molecule has 1 radical (unpaired) electrons. The quantitative estimate of drug-likeness (QED) is 0.444. The van der Waals surface area contributed by atoms with Crippen molar-refractivity contribution in [2.24, 2.45) is 0 Å². The first-order valence-electron chi connectivity index (χ1n) is 0. The van der Waals surface area contributed by atoms with Gasteiger partial charge in [-0.25, -0.2) is 0 Å². The van der Waals surface area contributed by atoms with Gasteiger partial charge in [0, 0.05) is 17.1 Å². The second kappa shape index (κ2) is 19.4. The van der Waals surface area contributed by atoms with Crippen LogP contribution in [0, 0.1) is 0 Å². The van der Waals surface area contributed by atoms with Gasteiger partial charge in [0.05, 0.1) is 0 Å². The maximum atomic E-state index is 0. The average molecular weight is 160 g/mol. The fraction of sp³-hybridized carbons (Fsp3) is 0. The van der Waals surface area contributed by atoms with Crippen LogP contribution in [0.1, 0.15) is 0 Å². The van der Waals surface area contributed by atoms with E-state index in [4.69, 9.17) is 0 Å². The van der Waals surface area contributed by atoms with E-state index in [1.165, 1.54) is 0 Å². The molecule has 4 heteroatoms. The molecule has 0 amide bonds. The molecule has 29 valence electrons. The van der Waals surface area contributed by atoms with E-state index in [0.29, 0.717) is 0 Å². The third-order valence-electron chi connectivity index (χ3n) is 0. The van der Waals surface area contributed by atoms with Crippen molar-refractivity contribution < 1.29 is 17.1 Å². The van der Waals surface area contributed by atoms with Crippen LogP contribution in [-0.2, 0) is 17.1 Å². The van der Waals surface area contributed by atoms with Gasteiger partial charge in [0.15, 0.2) is 0 Å². The van der Waals surface area contributed by atoms with Crippen molar-refractivity contribution in [3.05, 3.63) is 0 Å². The molecule has 4 heavy (non-hydrogen) atoms. The molecule has 0 aromatic heterocycles. The molecule has 0 unspecified atom stereocenters. The molecule has 0 aromatic carbocycles. The Morgan fingerprint density at radius 1 is 0.750 bits per heavy atom. The molecule has 0 fully saturated rings. The summed E-state index contributed by atoms with van der Waals surface area (Å²) in [5, 5.41) is 0. The van der Waals surface area contributed by atoms with Gasteiger partial charge in [0.25, 0.3) is 0 Å². The summed E-state index contributed by atoms with van der Waals surface area (Å²) >= 11 is 0. The zero-order chi connectivity index (χ0) is 0. The molecule has 0 rings (SSSR count). The second-order valence-corrected chi connectivity index (χ2v) is 0. The van der Waals surface area contributed by atoms with Crippen molar-refractivity contribution in [2.45, 2.75) is 0 Å². The zero-order valence-electron chi connectivity index (χ0n) is 1.12. The normalized spacial score (nSPS) is 0. The van der Waals surface area contributed by atoms with Crippen molar-refractivity contribution in [3.63, 3.8) is 0 Å². The molecule has 0 nitrogen and oxygen atoms in total. The van der Waals surface area contributed by atoms with E-state index in [9.17, 15) is 0 Å². The molecule has 0 saturated heterocycles. The molecule has 0 N–H and O–H groups in total. The van der Waals surface area contributed by atoms with Crippen LogP contribution in [0.15, 0.2) is 0 Å². The standard InChI is InChI=1S/2ClH.Cu.Na.H/h2*1H;;;. The molecule has 0 aliphatic carbocycles. The predicted molar refractivity (Wildman–Crippen MR) is 21.6 cm³/mol. The van der Waals surface area contributed by atoms with E-state index >= 15 is 0 Å². The molecular weight excluding hydrogens is 157 g/mol. The van der Waals surface area contributed by atoms with Gasteiger partial charge in [0.2, 0.25) is 0 Å². The first-order chi connectivity index (χ1) is 0. The Labute approximate surface area is 70.7 Å². The van der Waals surface area contributed by atoms with Crippen molar-refractivity contribution in [2.75, 3.05) is 0 Å². The predicted octanol–water partition coefficient (Wildman–Crippen LogP) is 0.193. The summed E-state index contributed by atoms with van der Waals surface area (Å²) in [4.78, 5) is 0. The maximum absolute atomic E-state index is 0. The van der Waals surface area contributed by atoms with Crippen LogP contribution in [0.3, 0.4) is 0 Å². The van der Waals surface area contributed by atoms with Crippen LogP contribution in [0.5, 0.6) is 0 Å². The van der Waals surface area contributed by atoms with E-state index in [1.54, 1.807) is 0 Å². The van der Waals surface area contributed by atoms with Gasteiger partial charge in [-0.2, -0.15) is 0 Å². The third kappa shape index (κ3) is 8.93. The Morgan fingerprint density at radius 3 is 0.750 bits per heavy atom. The third-order valence-corrected chi connectivity index (χ3v) is 0. The number of hydrogen-bond donors (Lipinski definition) is 0. The zero-order valence-corrected chi connectivity index (χ0v) is 3.69. The van der Waals surface area contributed by atoms with Gasteiger partial charge in [-0.15, -0.1) is 24.8 Å². The summed E-state index contributed by atoms with van der Waals surface area (Å²) in [6.45, 7) is 0. The Kier molecular flexibility index (Phi) is 175. The SMILES string of the molecule is Cl.Cl.[Cu].[NaH]. The molecule has 0 bridgehead atoms. The number of hydrogen-bond acceptors (Lipinski definition) is 0. The van der Waals surface area contributed by atoms with E-state index < -0.39 is 0 Å². The first-order valence-corrected chi connectivity index (χ1v) is 0. The van der Waals surface area contributed by atoms with Gasteiger partial charge < -0.3 is 0 Å². The van der Waals surface area contributed by atoms with Crippen LogP contribution in [-0.4, -0.2) is 29.6 Å². The molecule has 0 heterocycles. The molecular formula is H3Cl2CuNa. The number of halogens is 2. The summed E-state index contributed by atoms with van der Waals surface area (Å²) in [7, 11) is 0. The summed E-state index contributed by atoms with van der Waals surface area (Å²) in [6.07, 6.45) is 0. The van der Waals surface area contributed by atoms with Gasteiger partial charge in [-0.1, -0.05) is 0 Å². The van der Waals surface area contributed by atoms with Gasteiger partial charge in [-0.3, -0.25) is 0 Å². The molecule has 0 atom stereocenters. The second-order valence-electron chi connectivity index (χ2n) is 0. The van der Waals surface area contributed by atoms with Gasteiger partial charge in [-0.05, 0) is 0 Å². The van der Waals surface area contributed by atoms with E-state index in [-0.39, 0.29) is 71.4 Å². The van der Waals surface area contributed by atoms with Gasteiger partial charge >= 0.3 is 29.6 Å². The van der Waals surface area contributed by atoms with Crippen LogP contribution in [0.25, 0.3) is 0 Å². The molecule has 0 aliphatic rings. The monoisotopic (exact) mass is 159 g/mol. The first kappa shape index (κ1) is 36.0. The van der Waals surface area contributed by atoms with E-state index in [2.05, 4.69) is 0 Å². The summed E-state index contributed by atoms with van der Waals surface area (Å²) in [6, 6.07) is 0. The molecule has 0 saturated carbocycles. The minimum atomic E-state index is 0. The fourth-order valence-corrected chi connectivity index (χ4v) is 0. The van der Waals surface area contributed by atoms with Crippen LogP contribution in [0.2, 0.25) is 0 Å². The number of rotatable bonds is 0. The Morgan fingerprint density at radius 2 is 0.750 bits per heavy atom. The minimum absolute atomic E-state index is 0. The molecule has 0 spiro atoms. The van der Waals surface area contributed by atoms with Crippen LogP contribution >= 0.6 is 24.8 Å². The summed E-state index contributed by atoms with van der Waals surface area (Å²) < 4.78 is 0. The summed E-state index contributed by atoms with van der Waals surface area (Å²) in [5.74, 6) is 0. The molecule has 0 aromatic rings. The van der Waals surface area contributed by atoms with Crippen molar-refractivity contribution in [3.8, 4) is 0 Å². The van der Waals surface area contributed by atoms with Crippen LogP contribution < -0.4 is 0 Å². The Hall–Kier alpha value is 2.10. The Balaban J connectivity index is 0. The van der Waals surface area contributed by atoms with Crippen LogP contribution in [0.4, 0.5) is 0 Å². The fourth-order valence-electron chi connectivity index (χ4n) is 0. The molecule has 0 aliphatic heterocycles. The topological polar surface area (TPSA) is 0 Å². The summed E-state index contributed by atoms with van der Waals surface area (Å²) in [5.41, 5.74) is 0. The average Bonchev–Trinajstić information content (AvgIpc) is 0. The Bertz CT molecular complexity index is 6.00. The van der Waals surface area contributed by atoms with Gasteiger partial charge in [0.1, 0.15) is 0 Å². The van der Waals surface area contributed by atoms with Crippen molar-refractivity contribution in [1.82, 2.24) is 0 Å². The van der Waals surface area contributed by atoms with E-state index in [0.717, 1.165) is 0 Å². The van der Waals surface area contributed by atoms with E-state index in [1.807, 2.05) is 0 Å².